The van der Waals surface area contributed by atoms with Crippen LogP contribution in [0.25, 0.3) is 0 Å². The average Bonchev–Trinajstić information content (AvgIpc) is 2.67. The molecule has 5 nitrogen and oxygen atoms in total. The lowest BCUT2D eigenvalue weighted by Crippen LogP contribution is -2.19. The Labute approximate surface area is 82.6 Å². The molecule has 1 saturated heterocycles. The molecular formula is C9H15N3O2. The topological polar surface area (TPSA) is 74.2 Å². The fourth-order valence-corrected chi connectivity index (χ4v) is 1.67. The summed E-state index contributed by atoms with van der Waals surface area (Å²) in [4.78, 5) is 4.16. The van der Waals surface area contributed by atoms with Crippen LogP contribution in [0.4, 0.5) is 0 Å². The first-order valence-electron chi connectivity index (χ1n) is 4.97. The lowest BCUT2D eigenvalue weighted by atomic mass is 9.99. The van der Waals surface area contributed by atoms with E-state index in [-0.39, 0.29) is 0 Å². The first-order valence-corrected chi connectivity index (χ1v) is 4.97. The maximum atomic E-state index is 5.39. The standard InChI is InChI=1S/C9H15N3O2/c10-5-8-11-9(14-12-8)4-7-2-1-3-13-6-7/h7H,1-6,10H2. The summed E-state index contributed by atoms with van der Waals surface area (Å²) in [5.74, 6) is 1.78. The van der Waals surface area contributed by atoms with Gasteiger partial charge in [0.05, 0.1) is 6.54 Å². The Morgan fingerprint density at radius 1 is 1.50 bits per heavy atom. The van der Waals surface area contributed by atoms with Gasteiger partial charge in [-0.2, -0.15) is 4.98 Å². The summed E-state index contributed by atoms with van der Waals surface area (Å²) >= 11 is 0. The molecule has 0 radical (unpaired) electrons. The smallest absolute Gasteiger partial charge is 0.227 e. The predicted octanol–water partition coefficient (Wildman–Crippen LogP) is 0.497. The molecule has 0 aromatic carbocycles. The minimum Gasteiger partial charge on any atom is -0.381 e. The second kappa shape index (κ2) is 4.52. The Morgan fingerprint density at radius 2 is 2.43 bits per heavy atom. The average molecular weight is 197 g/mol. The zero-order valence-corrected chi connectivity index (χ0v) is 8.11. The highest BCUT2D eigenvalue weighted by atomic mass is 16.5. The van der Waals surface area contributed by atoms with Crippen molar-refractivity contribution in [3.05, 3.63) is 11.7 Å². The van der Waals surface area contributed by atoms with E-state index < -0.39 is 0 Å². The van der Waals surface area contributed by atoms with Crippen LogP contribution in [-0.2, 0) is 17.7 Å². The summed E-state index contributed by atoms with van der Waals surface area (Å²) in [5, 5.41) is 3.75. The molecule has 0 saturated carbocycles. The number of hydrogen-bond acceptors (Lipinski definition) is 5. The quantitative estimate of drug-likeness (QED) is 0.763. The van der Waals surface area contributed by atoms with Gasteiger partial charge < -0.3 is 15.0 Å². The molecule has 78 valence electrons. The molecule has 0 amide bonds. The summed E-state index contributed by atoms with van der Waals surface area (Å²) in [6.07, 6.45) is 3.12. The molecule has 2 rings (SSSR count). The zero-order valence-electron chi connectivity index (χ0n) is 8.11. The van der Waals surface area contributed by atoms with Crippen molar-refractivity contribution >= 4 is 0 Å². The van der Waals surface area contributed by atoms with Gasteiger partial charge in [0, 0.05) is 19.6 Å². The number of hydrogen-bond donors (Lipinski definition) is 1. The van der Waals surface area contributed by atoms with Crippen molar-refractivity contribution < 1.29 is 9.26 Å². The molecular weight excluding hydrogens is 182 g/mol. The third-order valence-corrected chi connectivity index (χ3v) is 2.41. The van der Waals surface area contributed by atoms with E-state index in [0.717, 1.165) is 26.1 Å². The van der Waals surface area contributed by atoms with E-state index in [0.29, 0.717) is 24.2 Å². The van der Waals surface area contributed by atoms with Crippen molar-refractivity contribution in [2.24, 2.45) is 11.7 Å². The third-order valence-electron chi connectivity index (χ3n) is 2.41. The minimum absolute atomic E-state index is 0.338. The van der Waals surface area contributed by atoms with Gasteiger partial charge in [0.1, 0.15) is 0 Å². The second-order valence-corrected chi connectivity index (χ2v) is 3.60. The Bertz CT molecular complexity index is 281. The van der Waals surface area contributed by atoms with Crippen molar-refractivity contribution in [1.29, 1.82) is 0 Å². The van der Waals surface area contributed by atoms with E-state index in [4.69, 9.17) is 15.0 Å². The Kier molecular flexibility index (Phi) is 3.10. The minimum atomic E-state index is 0.338. The van der Waals surface area contributed by atoms with Crippen molar-refractivity contribution in [3.63, 3.8) is 0 Å². The van der Waals surface area contributed by atoms with E-state index in [1.54, 1.807) is 0 Å². The van der Waals surface area contributed by atoms with Crippen molar-refractivity contribution in [3.8, 4) is 0 Å². The Morgan fingerprint density at radius 3 is 3.07 bits per heavy atom. The molecule has 5 heteroatoms. The van der Waals surface area contributed by atoms with E-state index in [1.807, 2.05) is 0 Å². The molecule has 1 aliphatic rings. The highest BCUT2D eigenvalue weighted by Crippen LogP contribution is 2.17. The van der Waals surface area contributed by atoms with E-state index in [2.05, 4.69) is 10.1 Å². The van der Waals surface area contributed by atoms with Crippen LogP contribution in [0.15, 0.2) is 4.52 Å². The van der Waals surface area contributed by atoms with E-state index in [9.17, 15) is 0 Å². The predicted molar refractivity (Wildman–Crippen MR) is 49.4 cm³/mol. The molecule has 14 heavy (non-hydrogen) atoms. The fraction of sp³-hybridized carbons (Fsp3) is 0.778. The second-order valence-electron chi connectivity index (χ2n) is 3.60. The van der Waals surface area contributed by atoms with Gasteiger partial charge in [-0.1, -0.05) is 5.16 Å². The molecule has 2 heterocycles. The number of ether oxygens (including phenoxy) is 1. The summed E-state index contributed by atoms with van der Waals surface area (Å²) in [7, 11) is 0. The molecule has 0 spiro atoms. The SMILES string of the molecule is NCc1noc(CC2CCCOC2)n1. The monoisotopic (exact) mass is 197 g/mol. The summed E-state index contributed by atoms with van der Waals surface area (Å²) in [5.41, 5.74) is 5.39. The van der Waals surface area contributed by atoms with Crippen molar-refractivity contribution in [2.75, 3.05) is 13.2 Å². The zero-order chi connectivity index (χ0) is 9.80. The van der Waals surface area contributed by atoms with Gasteiger partial charge in [-0.25, -0.2) is 0 Å². The number of nitrogens with two attached hydrogens (primary N) is 1. The Hall–Kier alpha value is -0.940. The molecule has 1 aromatic rings. The summed E-state index contributed by atoms with van der Waals surface area (Å²) < 4.78 is 10.4. The molecule has 0 bridgehead atoms. The van der Waals surface area contributed by atoms with E-state index >= 15 is 0 Å². The van der Waals surface area contributed by atoms with Gasteiger partial charge >= 0.3 is 0 Å². The van der Waals surface area contributed by atoms with Crippen LogP contribution in [0.3, 0.4) is 0 Å². The van der Waals surface area contributed by atoms with Crippen LogP contribution < -0.4 is 5.73 Å². The van der Waals surface area contributed by atoms with Crippen molar-refractivity contribution in [1.82, 2.24) is 10.1 Å². The number of nitrogens with zero attached hydrogens (tertiary/aromatic N) is 2. The van der Waals surface area contributed by atoms with Crippen molar-refractivity contribution in [2.45, 2.75) is 25.8 Å². The summed E-state index contributed by atoms with van der Waals surface area (Å²) in [6, 6.07) is 0. The largest absolute Gasteiger partial charge is 0.381 e. The van der Waals surface area contributed by atoms with Crippen LogP contribution >= 0.6 is 0 Å². The highest BCUT2D eigenvalue weighted by molar-refractivity contribution is 4.87. The fourth-order valence-electron chi connectivity index (χ4n) is 1.67. The van der Waals surface area contributed by atoms with Crippen LogP contribution in [0.1, 0.15) is 24.6 Å². The Balaban J connectivity index is 1.89. The highest BCUT2D eigenvalue weighted by Gasteiger charge is 2.17. The molecule has 1 unspecified atom stereocenters. The van der Waals surface area contributed by atoms with Crippen LogP contribution in [0.5, 0.6) is 0 Å². The first-order chi connectivity index (χ1) is 6.88. The van der Waals surface area contributed by atoms with Gasteiger partial charge in [-0.3, -0.25) is 0 Å². The molecule has 1 aromatic heterocycles. The molecule has 1 aliphatic heterocycles. The maximum Gasteiger partial charge on any atom is 0.227 e. The van der Waals surface area contributed by atoms with Gasteiger partial charge in [-0.05, 0) is 18.8 Å². The van der Waals surface area contributed by atoms with Crippen LogP contribution in [0, 0.1) is 5.92 Å². The molecule has 0 aliphatic carbocycles. The van der Waals surface area contributed by atoms with Crippen LogP contribution in [-0.4, -0.2) is 23.4 Å². The lowest BCUT2D eigenvalue weighted by molar-refractivity contribution is 0.0520. The molecule has 2 N–H and O–H groups in total. The van der Waals surface area contributed by atoms with Gasteiger partial charge in [-0.15, -0.1) is 0 Å². The number of aromatic nitrogens is 2. The van der Waals surface area contributed by atoms with Gasteiger partial charge in [0.2, 0.25) is 5.89 Å². The van der Waals surface area contributed by atoms with Gasteiger partial charge in [0.15, 0.2) is 5.82 Å². The molecule has 1 fully saturated rings. The normalized spacial score (nSPS) is 22.5. The lowest BCUT2D eigenvalue weighted by Gasteiger charge is -2.20. The van der Waals surface area contributed by atoms with Gasteiger partial charge in [0.25, 0.3) is 0 Å². The number of rotatable bonds is 3. The third kappa shape index (κ3) is 2.30. The summed E-state index contributed by atoms with van der Waals surface area (Å²) in [6.45, 7) is 2.03. The van der Waals surface area contributed by atoms with Crippen LogP contribution in [0.2, 0.25) is 0 Å². The first kappa shape index (κ1) is 9.61. The van der Waals surface area contributed by atoms with E-state index in [1.165, 1.54) is 6.42 Å². The maximum absolute atomic E-state index is 5.39. The molecule has 1 atom stereocenters.